The van der Waals surface area contributed by atoms with E-state index in [-0.39, 0.29) is 65.4 Å². The fourth-order valence-electron chi connectivity index (χ4n) is 4.13. The van der Waals surface area contributed by atoms with Gasteiger partial charge in [-0.15, -0.1) is 0 Å². The number of nitrogens with one attached hydrogen (secondary N) is 1. The van der Waals surface area contributed by atoms with Crippen molar-refractivity contribution in [3.63, 3.8) is 0 Å². The molecule has 0 unspecified atom stereocenters. The van der Waals surface area contributed by atoms with Crippen molar-refractivity contribution in [1.82, 2.24) is 4.90 Å². The Bertz CT molecular complexity index is 1330. The average Bonchev–Trinajstić information content (AvgIpc) is 3.09. The molecule has 37 heavy (non-hydrogen) atoms. The summed E-state index contributed by atoms with van der Waals surface area (Å²) < 4.78 is 60.7. The number of carbonyl (C=O) groups excluding carboxylic acids is 1. The predicted molar refractivity (Wildman–Crippen MR) is 137 cm³/mol. The third-order valence-electron chi connectivity index (χ3n) is 5.75. The van der Waals surface area contributed by atoms with E-state index >= 15 is 4.39 Å². The minimum absolute atomic E-state index is 0.0179. The summed E-state index contributed by atoms with van der Waals surface area (Å²) in [7, 11) is -2.51. The number of amidine groups is 1. The zero-order valence-corrected chi connectivity index (χ0v) is 23.0. The first-order valence-electron chi connectivity index (χ1n) is 11.8. The maximum Gasteiger partial charge on any atom is 0.306 e. The van der Waals surface area contributed by atoms with Crippen LogP contribution in [0.3, 0.4) is 0 Å². The molecule has 0 bridgehead atoms. The van der Waals surface area contributed by atoms with Crippen LogP contribution in [0.4, 0.5) is 4.39 Å². The lowest BCUT2D eigenvalue weighted by atomic mass is 9.84. The molecule has 0 radical (unpaired) electrons. The lowest BCUT2D eigenvalue weighted by Gasteiger charge is -2.25. The highest BCUT2D eigenvalue weighted by atomic mass is 32.2. The van der Waals surface area contributed by atoms with Crippen molar-refractivity contribution in [3.8, 4) is 23.0 Å². The van der Waals surface area contributed by atoms with E-state index in [0.29, 0.717) is 17.7 Å². The van der Waals surface area contributed by atoms with Gasteiger partial charge < -0.3 is 23.3 Å². The van der Waals surface area contributed by atoms with Gasteiger partial charge in [0, 0.05) is 17.7 Å². The molecular formula is C26H33FN2O7S. The Morgan fingerprint density at radius 3 is 2.27 bits per heavy atom. The molecule has 0 saturated carbocycles. The molecule has 1 N–H and O–H groups in total. The Balaban J connectivity index is 1.97. The van der Waals surface area contributed by atoms with E-state index in [1.165, 1.54) is 18.1 Å². The number of hydrogen-bond acceptors (Lipinski definition) is 8. The molecule has 1 heterocycles. The number of hydrogen-bond donors (Lipinski definition) is 1. The lowest BCUT2D eigenvalue weighted by Crippen LogP contribution is -2.30. The van der Waals surface area contributed by atoms with Crippen molar-refractivity contribution in [2.75, 3.05) is 33.1 Å². The summed E-state index contributed by atoms with van der Waals surface area (Å²) in [6, 6.07) is 4.62. The number of ether oxygens (including phenoxy) is 3. The van der Waals surface area contributed by atoms with Crippen LogP contribution in [0.5, 0.6) is 23.0 Å². The third-order valence-corrected chi connectivity index (χ3v) is 6.22. The molecule has 0 amide bonds. The highest BCUT2D eigenvalue weighted by molar-refractivity contribution is 7.86. The lowest BCUT2D eigenvalue weighted by molar-refractivity contribution is 0.0962. The molecule has 1 aliphatic rings. The Kier molecular flexibility index (Phi) is 8.06. The van der Waals surface area contributed by atoms with Gasteiger partial charge in [-0.05, 0) is 43.0 Å². The van der Waals surface area contributed by atoms with E-state index in [0.717, 1.165) is 6.26 Å². The van der Waals surface area contributed by atoms with Crippen molar-refractivity contribution < 1.29 is 36.0 Å². The van der Waals surface area contributed by atoms with Crippen LogP contribution in [0.15, 0.2) is 18.2 Å². The summed E-state index contributed by atoms with van der Waals surface area (Å²) in [6.07, 6.45) is 0.932. The first-order valence-corrected chi connectivity index (χ1v) is 13.6. The summed E-state index contributed by atoms with van der Waals surface area (Å²) >= 11 is 0. The van der Waals surface area contributed by atoms with Gasteiger partial charge in [0.1, 0.15) is 5.84 Å². The van der Waals surface area contributed by atoms with Gasteiger partial charge in [0.25, 0.3) is 0 Å². The molecule has 2 aromatic carbocycles. The minimum Gasteiger partial charge on any atom is -0.493 e. The van der Waals surface area contributed by atoms with Gasteiger partial charge in [0.2, 0.25) is 0 Å². The van der Waals surface area contributed by atoms with Gasteiger partial charge in [0.15, 0.2) is 34.6 Å². The first kappa shape index (κ1) is 28.2. The molecule has 3 rings (SSSR count). The number of rotatable bonds is 10. The number of benzene rings is 2. The summed E-state index contributed by atoms with van der Waals surface area (Å²) in [5.74, 6) is -0.877. The van der Waals surface area contributed by atoms with Crippen LogP contribution in [0.2, 0.25) is 0 Å². The fraction of sp³-hybridized carbons (Fsp3) is 0.462. The largest absolute Gasteiger partial charge is 0.493 e. The number of halogens is 1. The van der Waals surface area contributed by atoms with Crippen LogP contribution >= 0.6 is 0 Å². The second kappa shape index (κ2) is 10.6. The quantitative estimate of drug-likeness (QED) is 0.353. The number of Topliss-reactive ketones (excluding diaryl/α,β-unsaturated/α-hetero) is 1. The summed E-state index contributed by atoms with van der Waals surface area (Å²) in [5, 5.41) is 8.56. The molecule has 1 aliphatic heterocycles. The van der Waals surface area contributed by atoms with Crippen molar-refractivity contribution >= 4 is 21.7 Å². The van der Waals surface area contributed by atoms with E-state index in [2.05, 4.69) is 0 Å². The van der Waals surface area contributed by atoms with Crippen LogP contribution in [-0.4, -0.2) is 58.1 Å². The summed E-state index contributed by atoms with van der Waals surface area (Å²) in [4.78, 5) is 14.8. The molecule has 11 heteroatoms. The van der Waals surface area contributed by atoms with E-state index in [1.807, 2.05) is 20.8 Å². The van der Waals surface area contributed by atoms with Crippen LogP contribution in [0.1, 0.15) is 61.7 Å². The van der Waals surface area contributed by atoms with Crippen LogP contribution in [-0.2, 0) is 22.1 Å². The van der Waals surface area contributed by atoms with Gasteiger partial charge >= 0.3 is 10.1 Å². The molecule has 9 nitrogen and oxygen atoms in total. The van der Waals surface area contributed by atoms with Gasteiger partial charge in [-0.25, -0.2) is 4.39 Å². The molecular weight excluding hydrogens is 503 g/mol. The molecule has 0 spiro atoms. The Morgan fingerprint density at radius 1 is 1.08 bits per heavy atom. The Hall–Kier alpha value is -3.34. The maximum absolute atomic E-state index is 15.4. The second-order valence-corrected chi connectivity index (χ2v) is 11.2. The number of methoxy groups -OCH3 is 1. The number of nitrogens with zero attached hydrogens (tertiary/aromatic N) is 1. The molecule has 202 valence electrons. The second-order valence-electron chi connectivity index (χ2n) is 9.64. The van der Waals surface area contributed by atoms with Gasteiger partial charge in [-0.3, -0.25) is 10.2 Å². The summed E-state index contributed by atoms with van der Waals surface area (Å²) in [6.45, 7) is 9.54. The van der Waals surface area contributed by atoms with E-state index < -0.39 is 21.4 Å². The Labute approximate surface area is 217 Å². The smallest absolute Gasteiger partial charge is 0.306 e. The maximum atomic E-state index is 15.4. The van der Waals surface area contributed by atoms with Gasteiger partial charge in [-0.2, -0.15) is 8.42 Å². The van der Waals surface area contributed by atoms with Crippen molar-refractivity contribution in [1.29, 1.82) is 5.41 Å². The molecule has 0 fully saturated rings. The van der Waals surface area contributed by atoms with Crippen molar-refractivity contribution in [2.24, 2.45) is 0 Å². The monoisotopic (exact) mass is 536 g/mol. The SMILES string of the molecule is CCOc1cc2c(c(F)c1OCC)C(=N)N(CC(=O)c1cc(OC)c(OS(C)(=O)=O)c(C(C)(C)C)c1)C2. The molecule has 0 aromatic heterocycles. The number of carbonyl (C=O) groups is 1. The molecule has 2 aromatic rings. The van der Waals surface area contributed by atoms with Crippen LogP contribution in [0.25, 0.3) is 0 Å². The van der Waals surface area contributed by atoms with Gasteiger partial charge in [-0.1, -0.05) is 20.8 Å². The average molecular weight is 537 g/mol. The molecule has 0 saturated heterocycles. The van der Waals surface area contributed by atoms with E-state index in [9.17, 15) is 13.2 Å². The first-order chi connectivity index (χ1) is 17.2. The topological polar surface area (TPSA) is 115 Å². The van der Waals surface area contributed by atoms with Crippen LogP contribution < -0.4 is 18.4 Å². The number of ketones is 1. The van der Waals surface area contributed by atoms with E-state index in [4.69, 9.17) is 23.8 Å². The zero-order valence-electron chi connectivity index (χ0n) is 22.2. The van der Waals surface area contributed by atoms with Crippen molar-refractivity contribution in [3.05, 3.63) is 46.3 Å². The minimum atomic E-state index is -3.86. The molecule has 0 aliphatic carbocycles. The fourth-order valence-corrected chi connectivity index (χ4v) is 4.61. The zero-order chi connectivity index (χ0) is 27.7. The normalized spacial score (nSPS) is 13.4. The molecule has 0 atom stereocenters. The van der Waals surface area contributed by atoms with Crippen molar-refractivity contribution in [2.45, 2.75) is 46.6 Å². The van der Waals surface area contributed by atoms with E-state index in [1.54, 1.807) is 26.0 Å². The predicted octanol–water partition coefficient (Wildman–Crippen LogP) is 4.29. The van der Waals surface area contributed by atoms with Crippen LogP contribution in [0, 0.1) is 11.2 Å². The van der Waals surface area contributed by atoms with Gasteiger partial charge in [0.05, 0.1) is 38.7 Å². The third kappa shape index (κ3) is 5.98. The number of fused-ring (bicyclic) bond motifs is 1. The summed E-state index contributed by atoms with van der Waals surface area (Å²) in [5.41, 5.74) is 0.719. The highest BCUT2D eigenvalue weighted by Crippen LogP contribution is 2.41. The highest BCUT2D eigenvalue weighted by Gasteiger charge is 2.34. The Morgan fingerprint density at radius 2 is 1.73 bits per heavy atom. The standard InChI is InChI=1S/C26H33FN2O7S/c1-8-34-20-12-16-13-29(25(28)21(16)22(27)24(20)35-9-2)14-18(30)15-10-17(26(3,4)5)23(19(11-15)33-6)36-37(7,31)32/h10-12,28H,8-9,13-14H2,1-7H3.